The zero-order valence-corrected chi connectivity index (χ0v) is 9.21. The second-order valence-electron chi connectivity index (χ2n) is 3.29. The van der Waals surface area contributed by atoms with Crippen molar-refractivity contribution in [1.29, 1.82) is 0 Å². The zero-order valence-electron chi connectivity index (χ0n) is 9.21. The quantitative estimate of drug-likeness (QED) is 0.374. The number of Topliss-reactive ketones (excluding diaryl/α,β-unsaturated/α-hetero) is 1. The predicted octanol–water partition coefficient (Wildman–Crippen LogP) is -0.0751. The van der Waals surface area contributed by atoms with Gasteiger partial charge in [0.15, 0.2) is 0 Å². The van der Waals surface area contributed by atoms with Gasteiger partial charge in [0.25, 0.3) is 0 Å². The molecule has 0 amide bonds. The summed E-state index contributed by atoms with van der Waals surface area (Å²) in [5.74, 6) is -1.27. The fraction of sp³-hybridized carbons (Fsp3) is 0.778. The average molecular weight is 233 g/mol. The van der Waals surface area contributed by atoms with Gasteiger partial charge in [-0.2, -0.15) is 0 Å². The highest BCUT2D eigenvalue weighted by Gasteiger charge is 2.36. The lowest BCUT2D eigenvalue weighted by molar-refractivity contribution is -0.532. The lowest BCUT2D eigenvalue weighted by Crippen LogP contribution is -2.40. The van der Waals surface area contributed by atoms with Crippen molar-refractivity contribution in [3.63, 3.8) is 0 Å². The van der Waals surface area contributed by atoms with Crippen LogP contribution in [0.25, 0.3) is 0 Å². The number of ether oxygens (including phenoxy) is 1. The second kappa shape index (κ2) is 6.89. The van der Waals surface area contributed by atoms with Crippen molar-refractivity contribution in [1.82, 2.24) is 0 Å². The van der Waals surface area contributed by atoms with E-state index in [9.17, 15) is 24.8 Å². The Morgan fingerprint density at radius 2 is 2.06 bits per heavy atom. The van der Waals surface area contributed by atoms with Gasteiger partial charge in [-0.25, -0.2) is 4.79 Å². The maximum atomic E-state index is 11.1. The molecule has 0 spiro atoms. The van der Waals surface area contributed by atoms with Crippen LogP contribution in [0.15, 0.2) is 0 Å². The molecule has 0 fully saturated rings. The first kappa shape index (κ1) is 14.5. The summed E-state index contributed by atoms with van der Waals surface area (Å²) in [5, 5.41) is 20.0. The third kappa shape index (κ3) is 4.83. The summed E-state index contributed by atoms with van der Waals surface area (Å²) >= 11 is 0. The molecule has 92 valence electrons. The molecule has 16 heavy (non-hydrogen) atoms. The summed E-state index contributed by atoms with van der Waals surface area (Å²) in [6, 6.07) is -1.50. The fourth-order valence-corrected chi connectivity index (χ4v) is 1.11. The lowest BCUT2D eigenvalue weighted by atomic mass is 10.0. The molecule has 0 saturated carbocycles. The normalized spacial score (nSPS) is 13.9. The average Bonchev–Trinajstić information content (AvgIpc) is 2.17. The number of nitro groups is 1. The summed E-state index contributed by atoms with van der Waals surface area (Å²) in [6.45, 7) is 2.85. The van der Waals surface area contributed by atoms with Crippen LogP contribution in [0.1, 0.15) is 26.7 Å². The Balaban J connectivity index is 4.46. The largest absolute Gasteiger partial charge is 0.464 e. The highest BCUT2D eigenvalue weighted by atomic mass is 16.6. The molecule has 0 aliphatic carbocycles. The van der Waals surface area contributed by atoms with E-state index >= 15 is 0 Å². The van der Waals surface area contributed by atoms with E-state index in [4.69, 9.17) is 0 Å². The molecule has 2 atom stereocenters. The maximum Gasteiger partial charge on any atom is 0.342 e. The molecule has 0 aliphatic heterocycles. The summed E-state index contributed by atoms with van der Waals surface area (Å²) in [6.07, 6.45) is -2.06. The van der Waals surface area contributed by atoms with Crippen LogP contribution < -0.4 is 0 Å². The number of carbonyl (C=O) groups excluding carboxylic acids is 2. The molecule has 2 unspecified atom stereocenters. The molecule has 0 rings (SSSR count). The standard InChI is InChI=1S/C9H15NO6/c1-3-16-9(13)8(12)7(10(14)15)5-4-6(2)11/h7-8,12H,3-5H2,1-2H3. The van der Waals surface area contributed by atoms with Crippen LogP contribution in [-0.2, 0) is 14.3 Å². The van der Waals surface area contributed by atoms with E-state index in [0.29, 0.717) is 0 Å². The van der Waals surface area contributed by atoms with E-state index in [1.165, 1.54) is 13.8 Å². The van der Waals surface area contributed by atoms with E-state index in [1.54, 1.807) is 0 Å². The Labute approximate surface area is 92.5 Å². The van der Waals surface area contributed by atoms with Gasteiger partial charge in [0.1, 0.15) is 5.78 Å². The van der Waals surface area contributed by atoms with Crippen LogP contribution >= 0.6 is 0 Å². The molecule has 0 radical (unpaired) electrons. The van der Waals surface area contributed by atoms with Gasteiger partial charge >= 0.3 is 5.97 Å². The van der Waals surface area contributed by atoms with Crippen molar-refractivity contribution < 1.29 is 24.4 Å². The lowest BCUT2D eigenvalue weighted by Gasteiger charge is -2.13. The van der Waals surface area contributed by atoms with E-state index in [1.807, 2.05) is 0 Å². The van der Waals surface area contributed by atoms with Gasteiger partial charge in [0.2, 0.25) is 12.1 Å². The molecular formula is C9H15NO6. The first-order valence-corrected chi connectivity index (χ1v) is 4.87. The van der Waals surface area contributed by atoms with E-state index < -0.39 is 23.0 Å². The van der Waals surface area contributed by atoms with Gasteiger partial charge in [-0.3, -0.25) is 10.1 Å². The number of nitrogens with zero attached hydrogens (tertiary/aromatic N) is 1. The molecular weight excluding hydrogens is 218 g/mol. The second-order valence-corrected chi connectivity index (χ2v) is 3.29. The number of hydrogen-bond donors (Lipinski definition) is 1. The molecule has 0 aliphatic rings. The molecule has 0 aromatic carbocycles. The van der Waals surface area contributed by atoms with E-state index in [-0.39, 0.29) is 25.2 Å². The van der Waals surface area contributed by atoms with Gasteiger partial charge in [0, 0.05) is 17.8 Å². The summed E-state index contributed by atoms with van der Waals surface area (Å²) in [7, 11) is 0. The zero-order chi connectivity index (χ0) is 12.7. The number of esters is 1. The minimum atomic E-state index is -1.82. The van der Waals surface area contributed by atoms with Crippen molar-refractivity contribution in [2.75, 3.05) is 6.61 Å². The number of hydrogen-bond acceptors (Lipinski definition) is 6. The number of rotatable bonds is 7. The number of aliphatic hydroxyl groups excluding tert-OH is 1. The minimum absolute atomic E-state index is 0.0348. The van der Waals surface area contributed by atoms with E-state index in [2.05, 4.69) is 4.74 Å². The fourth-order valence-electron chi connectivity index (χ4n) is 1.11. The molecule has 0 bridgehead atoms. The van der Waals surface area contributed by atoms with Gasteiger partial charge in [-0.15, -0.1) is 0 Å². The number of aliphatic hydroxyl groups is 1. The SMILES string of the molecule is CCOC(=O)C(O)C(CCC(C)=O)[N+](=O)[O-]. The molecule has 7 heteroatoms. The minimum Gasteiger partial charge on any atom is -0.464 e. The Morgan fingerprint density at radius 3 is 2.44 bits per heavy atom. The van der Waals surface area contributed by atoms with Gasteiger partial charge in [-0.1, -0.05) is 0 Å². The van der Waals surface area contributed by atoms with Crippen LogP contribution in [0.2, 0.25) is 0 Å². The summed E-state index contributed by atoms with van der Waals surface area (Å²) in [4.78, 5) is 31.6. The first-order valence-electron chi connectivity index (χ1n) is 4.87. The Kier molecular flexibility index (Phi) is 6.24. The van der Waals surface area contributed by atoms with Crippen LogP contribution in [0.5, 0.6) is 0 Å². The highest BCUT2D eigenvalue weighted by molar-refractivity contribution is 5.76. The maximum absolute atomic E-state index is 11.1. The van der Waals surface area contributed by atoms with Crippen molar-refractivity contribution in [3.05, 3.63) is 10.1 Å². The number of carbonyl (C=O) groups is 2. The van der Waals surface area contributed by atoms with E-state index in [0.717, 1.165) is 0 Å². The van der Waals surface area contributed by atoms with Crippen molar-refractivity contribution >= 4 is 11.8 Å². The molecule has 1 N–H and O–H groups in total. The molecule has 0 aromatic heterocycles. The smallest absolute Gasteiger partial charge is 0.342 e. The molecule has 0 saturated heterocycles. The number of ketones is 1. The Morgan fingerprint density at radius 1 is 1.50 bits per heavy atom. The van der Waals surface area contributed by atoms with Crippen LogP contribution in [-0.4, -0.2) is 40.5 Å². The highest BCUT2D eigenvalue weighted by Crippen LogP contribution is 2.09. The van der Waals surface area contributed by atoms with Crippen molar-refractivity contribution in [2.45, 2.75) is 38.8 Å². The summed E-state index contributed by atoms with van der Waals surface area (Å²) < 4.78 is 4.46. The van der Waals surface area contributed by atoms with Crippen LogP contribution in [0, 0.1) is 10.1 Å². The van der Waals surface area contributed by atoms with Gasteiger partial charge in [0.05, 0.1) is 6.61 Å². The predicted molar refractivity (Wildman–Crippen MR) is 53.3 cm³/mol. The van der Waals surface area contributed by atoms with Gasteiger partial charge in [-0.05, 0) is 13.8 Å². The third-order valence-electron chi connectivity index (χ3n) is 1.96. The van der Waals surface area contributed by atoms with Gasteiger partial charge < -0.3 is 14.6 Å². The molecule has 0 aromatic rings. The molecule has 7 nitrogen and oxygen atoms in total. The Bertz CT molecular complexity index is 277. The third-order valence-corrected chi connectivity index (χ3v) is 1.96. The van der Waals surface area contributed by atoms with Crippen molar-refractivity contribution in [2.24, 2.45) is 0 Å². The Hall–Kier alpha value is -1.50. The van der Waals surface area contributed by atoms with Crippen molar-refractivity contribution in [3.8, 4) is 0 Å². The first-order chi connectivity index (χ1) is 7.40. The summed E-state index contributed by atoms with van der Waals surface area (Å²) in [5.41, 5.74) is 0. The van der Waals surface area contributed by atoms with Crippen LogP contribution in [0.3, 0.4) is 0 Å². The molecule has 0 heterocycles. The topological polar surface area (TPSA) is 107 Å². The monoisotopic (exact) mass is 233 g/mol. The van der Waals surface area contributed by atoms with Crippen LogP contribution in [0.4, 0.5) is 0 Å².